The Morgan fingerprint density at radius 1 is 1.24 bits per heavy atom. The molecule has 1 heterocycles. The lowest BCUT2D eigenvalue weighted by atomic mass is 10.1. The van der Waals surface area contributed by atoms with E-state index in [2.05, 4.69) is 9.97 Å². The third-order valence-electron chi connectivity index (χ3n) is 3.30. The Morgan fingerprint density at radius 2 is 1.86 bits per heavy atom. The summed E-state index contributed by atoms with van der Waals surface area (Å²) in [6.45, 7) is 2.23. The number of aliphatic hydroxyl groups is 1. The van der Waals surface area contributed by atoms with Crippen LogP contribution in [0.5, 0.6) is 0 Å². The predicted molar refractivity (Wildman–Crippen MR) is 79.7 cm³/mol. The average molecular weight is 285 g/mol. The summed E-state index contributed by atoms with van der Waals surface area (Å²) in [5.41, 5.74) is 1.31. The van der Waals surface area contributed by atoms with E-state index in [0.29, 0.717) is 24.4 Å². The van der Waals surface area contributed by atoms with Gasteiger partial charge < -0.3 is 10.0 Å². The molecule has 5 heteroatoms. The molecule has 1 aromatic carbocycles. The second-order valence-electron chi connectivity index (χ2n) is 4.96. The molecule has 5 nitrogen and oxygen atoms in total. The molecule has 2 rings (SSSR count). The maximum Gasteiger partial charge on any atom is 0.256 e. The highest BCUT2D eigenvalue weighted by atomic mass is 16.3. The van der Waals surface area contributed by atoms with Crippen molar-refractivity contribution in [3.05, 3.63) is 59.7 Å². The monoisotopic (exact) mass is 285 g/mol. The summed E-state index contributed by atoms with van der Waals surface area (Å²) in [6, 6.07) is 9.43. The van der Waals surface area contributed by atoms with Crippen LogP contribution in [0.25, 0.3) is 0 Å². The summed E-state index contributed by atoms with van der Waals surface area (Å²) < 4.78 is 0. The number of hydrogen-bond acceptors (Lipinski definition) is 4. The van der Waals surface area contributed by atoms with Crippen LogP contribution in [0.4, 0.5) is 0 Å². The minimum atomic E-state index is -0.573. The van der Waals surface area contributed by atoms with Crippen LogP contribution in [0.3, 0.4) is 0 Å². The van der Waals surface area contributed by atoms with Gasteiger partial charge >= 0.3 is 0 Å². The first-order valence-corrected chi connectivity index (χ1v) is 6.85. The summed E-state index contributed by atoms with van der Waals surface area (Å²) in [5.74, 6) is 0.490. The largest absolute Gasteiger partial charge is 0.388 e. The van der Waals surface area contributed by atoms with Crippen LogP contribution in [0, 0.1) is 6.92 Å². The van der Waals surface area contributed by atoms with Gasteiger partial charge in [-0.1, -0.05) is 30.3 Å². The number of aliphatic hydroxyl groups excluding tert-OH is 1. The first kappa shape index (κ1) is 15.1. The molecule has 1 atom stereocenters. The molecule has 0 aliphatic rings. The van der Waals surface area contributed by atoms with Crippen molar-refractivity contribution in [3.63, 3.8) is 0 Å². The number of carbonyl (C=O) groups excluding carboxylic acids is 1. The average Bonchev–Trinajstić information content (AvgIpc) is 2.53. The molecule has 0 aliphatic carbocycles. The van der Waals surface area contributed by atoms with Crippen molar-refractivity contribution in [1.82, 2.24) is 14.9 Å². The van der Waals surface area contributed by atoms with Crippen LogP contribution >= 0.6 is 0 Å². The van der Waals surface area contributed by atoms with Crippen molar-refractivity contribution < 1.29 is 9.90 Å². The number of aromatic nitrogens is 2. The number of benzene rings is 1. The van der Waals surface area contributed by atoms with Crippen LogP contribution in [0.15, 0.2) is 42.7 Å². The van der Waals surface area contributed by atoms with Gasteiger partial charge in [0.15, 0.2) is 0 Å². The van der Waals surface area contributed by atoms with Crippen molar-refractivity contribution in [2.24, 2.45) is 0 Å². The quantitative estimate of drug-likeness (QED) is 0.912. The topological polar surface area (TPSA) is 66.3 Å². The van der Waals surface area contributed by atoms with Gasteiger partial charge in [0.05, 0.1) is 11.7 Å². The Morgan fingerprint density at radius 3 is 2.48 bits per heavy atom. The van der Waals surface area contributed by atoms with E-state index < -0.39 is 6.10 Å². The van der Waals surface area contributed by atoms with E-state index in [4.69, 9.17) is 0 Å². The molecule has 0 saturated carbocycles. The molecule has 0 radical (unpaired) electrons. The molecule has 21 heavy (non-hydrogen) atoms. The van der Waals surface area contributed by atoms with E-state index in [0.717, 1.165) is 5.56 Å². The number of nitrogens with zero attached hydrogens (tertiary/aromatic N) is 3. The smallest absolute Gasteiger partial charge is 0.256 e. The number of aryl methyl sites for hydroxylation is 1. The van der Waals surface area contributed by atoms with Gasteiger partial charge in [0.25, 0.3) is 5.91 Å². The van der Waals surface area contributed by atoms with Crippen LogP contribution in [0.1, 0.15) is 34.3 Å². The molecule has 1 unspecified atom stereocenters. The number of rotatable bonds is 5. The molecule has 110 valence electrons. The van der Waals surface area contributed by atoms with Crippen LogP contribution in [0.2, 0.25) is 0 Å². The van der Waals surface area contributed by atoms with Gasteiger partial charge in [0.2, 0.25) is 0 Å². The van der Waals surface area contributed by atoms with Crippen molar-refractivity contribution in [1.29, 1.82) is 0 Å². The highest BCUT2D eigenvalue weighted by molar-refractivity contribution is 5.93. The van der Waals surface area contributed by atoms with Crippen molar-refractivity contribution in [3.8, 4) is 0 Å². The Labute approximate surface area is 124 Å². The predicted octanol–water partition coefficient (Wildman–Crippen LogP) is 1.98. The summed E-state index contributed by atoms with van der Waals surface area (Å²) >= 11 is 0. The van der Waals surface area contributed by atoms with Gasteiger partial charge in [-0.3, -0.25) is 4.79 Å². The summed E-state index contributed by atoms with van der Waals surface area (Å²) in [5, 5.41) is 10.1. The minimum Gasteiger partial charge on any atom is -0.388 e. The maximum atomic E-state index is 12.2. The second kappa shape index (κ2) is 6.95. The van der Waals surface area contributed by atoms with Crippen molar-refractivity contribution in [2.75, 3.05) is 13.6 Å². The maximum absolute atomic E-state index is 12.2. The van der Waals surface area contributed by atoms with E-state index in [-0.39, 0.29) is 5.91 Å². The summed E-state index contributed by atoms with van der Waals surface area (Å²) in [7, 11) is 1.71. The van der Waals surface area contributed by atoms with E-state index in [1.54, 1.807) is 18.9 Å². The van der Waals surface area contributed by atoms with Crippen LogP contribution in [-0.4, -0.2) is 39.5 Å². The Balaban J connectivity index is 1.91. The molecule has 0 fully saturated rings. The zero-order valence-electron chi connectivity index (χ0n) is 12.2. The lowest BCUT2D eigenvalue weighted by molar-refractivity contribution is 0.0760. The third kappa shape index (κ3) is 4.10. The fourth-order valence-electron chi connectivity index (χ4n) is 1.98. The standard InChI is InChI=1S/C16H19N3O2/c1-12-17-10-14(11-18-12)16(21)19(2)9-8-15(20)13-6-4-3-5-7-13/h3-7,10-11,15,20H,8-9H2,1-2H3. The van der Waals surface area contributed by atoms with Gasteiger partial charge in [0, 0.05) is 26.0 Å². The van der Waals surface area contributed by atoms with Gasteiger partial charge in [-0.05, 0) is 18.9 Å². The molecule has 1 aromatic heterocycles. The SMILES string of the molecule is Cc1ncc(C(=O)N(C)CCC(O)c2ccccc2)cn1. The molecule has 0 aliphatic heterocycles. The molecular formula is C16H19N3O2. The van der Waals surface area contributed by atoms with Gasteiger partial charge in [-0.15, -0.1) is 0 Å². The third-order valence-corrected chi connectivity index (χ3v) is 3.30. The van der Waals surface area contributed by atoms with Crippen LogP contribution < -0.4 is 0 Å². The molecule has 0 saturated heterocycles. The Hall–Kier alpha value is -2.27. The molecule has 0 bridgehead atoms. The molecule has 0 spiro atoms. The molecule has 1 N–H and O–H groups in total. The Bertz CT molecular complexity index is 584. The highest BCUT2D eigenvalue weighted by Gasteiger charge is 2.14. The van der Waals surface area contributed by atoms with Gasteiger partial charge in [-0.25, -0.2) is 9.97 Å². The fraction of sp³-hybridized carbons (Fsp3) is 0.312. The van der Waals surface area contributed by atoms with E-state index in [1.165, 1.54) is 12.4 Å². The molecule has 1 amide bonds. The molecule has 2 aromatic rings. The van der Waals surface area contributed by atoms with Crippen molar-refractivity contribution >= 4 is 5.91 Å². The first-order chi connectivity index (χ1) is 10.1. The van der Waals surface area contributed by atoms with E-state index in [9.17, 15) is 9.90 Å². The number of amides is 1. The summed E-state index contributed by atoms with van der Waals surface area (Å²) in [6.07, 6.45) is 2.96. The molecular weight excluding hydrogens is 266 g/mol. The second-order valence-corrected chi connectivity index (χ2v) is 4.96. The lowest BCUT2D eigenvalue weighted by Crippen LogP contribution is -2.29. The van der Waals surface area contributed by atoms with Crippen molar-refractivity contribution in [2.45, 2.75) is 19.4 Å². The zero-order chi connectivity index (χ0) is 15.2. The van der Waals surface area contributed by atoms with Gasteiger partial charge in [-0.2, -0.15) is 0 Å². The highest BCUT2D eigenvalue weighted by Crippen LogP contribution is 2.16. The van der Waals surface area contributed by atoms with Gasteiger partial charge in [0.1, 0.15) is 5.82 Å². The number of hydrogen-bond donors (Lipinski definition) is 1. The zero-order valence-corrected chi connectivity index (χ0v) is 12.2. The minimum absolute atomic E-state index is 0.143. The summed E-state index contributed by atoms with van der Waals surface area (Å²) in [4.78, 5) is 21.8. The first-order valence-electron chi connectivity index (χ1n) is 6.85. The lowest BCUT2D eigenvalue weighted by Gasteiger charge is -2.19. The van der Waals surface area contributed by atoms with E-state index in [1.807, 2.05) is 30.3 Å². The van der Waals surface area contributed by atoms with Crippen LogP contribution in [-0.2, 0) is 0 Å². The normalized spacial score (nSPS) is 12.0. The van der Waals surface area contributed by atoms with E-state index >= 15 is 0 Å². The number of carbonyl (C=O) groups is 1. The fourth-order valence-corrected chi connectivity index (χ4v) is 1.98. The Kier molecular flexibility index (Phi) is 5.00.